The van der Waals surface area contributed by atoms with Gasteiger partial charge in [0.05, 0.1) is 21.1 Å². The number of methoxy groups -OCH3 is 1. The summed E-state index contributed by atoms with van der Waals surface area (Å²) >= 11 is 0. The Morgan fingerprint density at radius 3 is 2.35 bits per heavy atom. The maximum atomic E-state index is 11.5. The summed E-state index contributed by atoms with van der Waals surface area (Å²) in [7, 11) is 0.307. The van der Waals surface area contributed by atoms with Gasteiger partial charge in [0.2, 0.25) is 0 Å². The van der Waals surface area contributed by atoms with E-state index >= 15 is 0 Å². The second kappa shape index (κ2) is 5.13. The van der Waals surface area contributed by atoms with Gasteiger partial charge >= 0.3 is 5.97 Å². The van der Waals surface area contributed by atoms with Crippen molar-refractivity contribution < 1.29 is 9.53 Å². The van der Waals surface area contributed by atoms with Gasteiger partial charge < -0.3 is 4.74 Å². The van der Waals surface area contributed by atoms with Crippen LogP contribution in [0.3, 0.4) is 0 Å². The molecule has 1 saturated carbocycles. The van der Waals surface area contributed by atoms with Gasteiger partial charge in [0.15, 0.2) is 0 Å². The zero-order valence-corrected chi connectivity index (χ0v) is 13.3. The molecule has 0 aliphatic heterocycles. The minimum atomic E-state index is -1.20. The van der Waals surface area contributed by atoms with Crippen LogP contribution in [-0.4, -0.2) is 21.2 Å². The third-order valence-electron chi connectivity index (χ3n) is 4.91. The van der Waals surface area contributed by atoms with Crippen LogP contribution >= 0.6 is 0 Å². The van der Waals surface area contributed by atoms with Crippen LogP contribution in [-0.2, 0) is 9.53 Å². The summed E-state index contributed by atoms with van der Waals surface area (Å²) in [5, 5.41) is 0.455. The molecule has 0 amide bonds. The van der Waals surface area contributed by atoms with Crippen LogP contribution in [0.2, 0.25) is 24.2 Å². The zero-order chi connectivity index (χ0) is 13.3. The molecule has 0 spiro atoms. The van der Waals surface area contributed by atoms with E-state index in [9.17, 15) is 4.79 Å². The smallest absolute Gasteiger partial charge is 0.308 e. The largest absolute Gasteiger partial charge is 0.469 e. The third-order valence-corrected chi connectivity index (χ3v) is 10.6. The summed E-state index contributed by atoms with van der Waals surface area (Å²) in [6.07, 6.45) is 3.30. The van der Waals surface area contributed by atoms with Gasteiger partial charge in [-0.2, -0.15) is 0 Å². The highest BCUT2D eigenvalue weighted by atomic mass is 28.3. The molecule has 0 bridgehead atoms. The van der Waals surface area contributed by atoms with Gasteiger partial charge in [-0.25, -0.2) is 0 Å². The first-order valence-electron chi connectivity index (χ1n) is 6.75. The Bertz CT molecular complexity index is 278. The molecule has 1 aliphatic rings. The van der Waals surface area contributed by atoms with Gasteiger partial charge in [0.25, 0.3) is 0 Å². The van der Waals surface area contributed by atoms with Crippen molar-refractivity contribution in [2.75, 3.05) is 7.11 Å². The average molecular weight is 256 g/mol. The van der Waals surface area contributed by atoms with Crippen molar-refractivity contribution >= 4 is 14.0 Å². The standard InChI is InChI=1S/C14H28O2Si/c1-14(2,3)17(5,6)10-11-7-8-12(9-11)13(15)16-4/h11-12H,7-10H2,1-6H3/t11-,12-/m1/s1. The van der Waals surface area contributed by atoms with Crippen LogP contribution in [0.25, 0.3) is 0 Å². The average Bonchev–Trinajstić information content (AvgIpc) is 2.62. The molecule has 1 rings (SSSR count). The molecule has 0 heterocycles. The number of ether oxygens (including phenoxy) is 1. The van der Waals surface area contributed by atoms with Crippen LogP contribution in [0.4, 0.5) is 0 Å². The Morgan fingerprint density at radius 2 is 1.88 bits per heavy atom. The monoisotopic (exact) mass is 256 g/mol. The molecule has 3 heteroatoms. The molecular weight excluding hydrogens is 228 g/mol. The molecule has 1 aliphatic carbocycles. The fraction of sp³-hybridized carbons (Fsp3) is 0.929. The highest BCUT2D eigenvalue weighted by Crippen LogP contribution is 2.45. The molecule has 2 nitrogen and oxygen atoms in total. The molecule has 17 heavy (non-hydrogen) atoms. The second-order valence-corrected chi connectivity index (χ2v) is 12.9. The van der Waals surface area contributed by atoms with E-state index in [2.05, 4.69) is 33.9 Å². The van der Waals surface area contributed by atoms with E-state index in [0.717, 1.165) is 18.8 Å². The molecule has 1 fully saturated rings. The number of rotatable bonds is 3. The van der Waals surface area contributed by atoms with Gasteiger partial charge in [-0.15, -0.1) is 0 Å². The number of carbonyl (C=O) groups excluding carboxylic acids is 1. The Balaban J connectivity index is 2.53. The van der Waals surface area contributed by atoms with Gasteiger partial charge in [-0.3, -0.25) is 4.79 Å². The minimum Gasteiger partial charge on any atom is -0.469 e. The van der Waals surface area contributed by atoms with Crippen molar-refractivity contribution in [3.05, 3.63) is 0 Å². The molecule has 0 unspecified atom stereocenters. The van der Waals surface area contributed by atoms with Crippen molar-refractivity contribution in [2.24, 2.45) is 11.8 Å². The summed E-state index contributed by atoms with van der Waals surface area (Å²) in [4.78, 5) is 11.5. The van der Waals surface area contributed by atoms with Crippen LogP contribution in [0.15, 0.2) is 0 Å². The summed E-state index contributed by atoms with van der Waals surface area (Å²) < 4.78 is 4.85. The predicted octanol–water partition coefficient (Wildman–Crippen LogP) is 4.08. The Hall–Kier alpha value is -0.313. The molecule has 0 radical (unpaired) electrons. The summed E-state index contributed by atoms with van der Waals surface area (Å²) in [6.45, 7) is 12.1. The molecule has 0 aromatic heterocycles. The summed E-state index contributed by atoms with van der Waals surface area (Å²) in [5.41, 5.74) is 0. The molecule has 100 valence electrons. The van der Waals surface area contributed by atoms with Crippen molar-refractivity contribution in [2.45, 2.75) is 64.2 Å². The summed E-state index contributed by atoms with van der Waals surface area (Å²) in [5.74, 6) is 0.928. The van der Waals surface area contributed by atoms with E-state index in [4.69, 9.17) is 4.74 Å². The van der Waals surface area contributed by atoms with Crippen molar-refractivity contribution in [3.63, 3.8) is 0 Å². The predicted molar refractivity (Wildman–Crippen MR) is 74.9 cm³/mol. The lowest BCUT2D eigenvalue weighted by molar-refractivity contribution is -0.145. The van der Waals surface area contributed by atoms with Crippen molar-refractivity contribution in [1.82, 2.24) is 0 Å². The van der Waals surface area contributed by atoms with E-state index in [1.54, 1.807) is 0 Å². The first kappa shape index (κ1) is 14.7. The first-order chi connectivity index (χ1) is 7.67. The highest BCUT2D eigenvalue weighted by Gasteiger charge is 2.40. The number of hydrogen-bond donors (Lipinski definition) is 0. The lowest BCUT2D eigenvalue weighted by Crippen LogP contribution is -2.38. The fourth-order valence-electron chi connectivity index (χ4n) is 2.67. The maximum Gasteiger partial charge on any atom is 0.308 e. The molecule has 2 atom stereocenters. The lowest BCUT2D eigenvalue weighted by atomic mass is 10.1. The second-order valence-electron chi connectivity index (χ2n) is 7.24. The van der Waals surface area contributed by atoms with Crippen LogP contribution in [0.1, 0.15) is 40.0 Å². The van der Waals surface area contributed by atoms with Gasteiger partial charge in [0.1, 0.15) is 0 Å². The fourth-order valence-corrected chi connectivity index (χ4v) is 5.10. The maximum absolute atomic E-state index is 11.5. The lowest BCUT2D eigenvalue weighted by Gasteiger charge is -2.39. The Labute approximate surface area is 107 Å². The number of carbonyl (C=O) groups is 1. The molecule has 0 aromatic carbocycles. The quantitative estimate of drug-likeness (QED) is 0.562. The van der Waals surface area contributed by atoms with Crippen LogP contribution in [0, 0.1) is 11.8 Å². The highest BCUT2D eigenvalue weighted by molar-refractivity contribution is 6.80. The molecule has 0 aromatic rings. The van der Waals surface area contributed by atoms with E-state index in [1.165, 1.54) is 19.6 Å². The van der Waals surface area contributed by atoms with Gasteiger partial charge in [-0.1, -0.05) is 39.9 Å². The van der Waals surface area contributed by atoms with Gasteiger partial charge in [-0.05, 0) is 30.2 Å². The van der Waals surface area contributed by atoms with Crippen molar-refractivity contribution in [1.29, 1.82) is 0 Å². The topological polar surface area (TPSA) is 26.3 Å². The van der Waals surface area contributed by atoms with Gasteiger partial charge in [0, 0.05) is 0 Å². The van der Waals surface area contributed by atoms with E-state index in [1.807, 2.05) is 0 Å². The SMILES string of the molecule is COC(=O)[C@@H]1CC[C@@H](C[Si](C)(C)C(C)(C)C)C1. The molecular formula is C14H28O2Si. The van der Waals surface area contributed by atoms with E-state index in [0.29, 0.717) is 5.04 Å². The number of esters is 1. The van der Waals surface area contributed by atoms with E-state index < -0.39 is 8.07 Å². The van der Waals surface area contributed by atoms with E-state index in [-0.39, 0.29) is 11.9 Å². The third kappa shape index (κ3) is 3.57. The Morgan fingerprint density at radius 1 is 1.29 bits per heavy atom. The van der Waals surface area contributed by atoms with Crippen LogP contribution < -0.4 is 0 Å². The molecule has 0 saturated heterocycles. The number of hydrogen-bond acceptors (Lipinski definition) is 2. The first-order valence-corrected chi connectivity index (χ1v) is 9.96. The van der Waals surface area contributed by atoms with Crippen molar-refractivity contribution in [3.8, 4) is 0 Å². The van der Waals surface area contributed by atoms with Crippen LogP contribution in [0.5, 0.6) is 0 Å². The normalized spacial score (nSPS) is 26.0. The Kier molecular flexibility index (Phi) is 4.45. The zero-order valence-electron chi connectivity index (χ0n) is 12.3. The minimum absolute atomic E-state index is 0.00253. The summed E-state index contributed by atoms with van der Waals surface area (Å²) in [6, 6.07) is 1.35. The molecule has 0 N–H and O–H groups in total.